The van der Waals surface area contributed by atoms with Crippen LogP contribution in [-0.2, 0) is 6.54 Å². The number of imidazole rings is 1. The number of nitrogens with two attached hydrogens (primary N) is 1. The van der Waals surface area contributed by atoms with Crippen LogP contribution in [0.15, 0.2) is 79.0 Å². The summed E-state index contributed by atoms with van der Waals surface area (Å²) in [6.45, 7) is 5.07. The number of piperazine rings is 1. The van der Waals surface area contributed by atoms with Crippen LogP contribution in [0, 0.1) is 11.3 Å². The molecule has 3 N–H and O–H groups in total. The Hall–Kier alpha value is -4.58. The second kappa shape index (κ2) is 9.82. The van der Waals surface area contributed by atoms with Gasteiger partial charge in [0, 0.05) is 50.2 Å². The van der Waals surface area contributed by atoms with Gasteiger partial charge >= 0.3 is 0 Å². The highest BCUT2D eigenvalue weighted by Crippen LogP contribution is 2.32. The summed E-state index contributed by atoms with van der Waals surface area (Å²) in [4.78, 5) is 16.7. The van der Waals surface area contributed by atoms with Crippen LogP contribution in [0.1, 0.15) is 11.1 Å². The highest BCUT2D eigenvalue weighted by atomic mass is 15.2. The number of anilines is 1. The lowest BCUT2D eigenvalue weighted by atomic mass is 10.1. The highest BCUT2D eigenvalue weighted by Gasteiger charge is 2.19. The molecule has 6 rings (SSSR count). The number of fused-ring (bicyclic) bond motifs is 1. The van der Waals surface area contributed by atoms with Gasteiger partial charge in [-0.2, -0.15) is 5.26 Å². The Kier molecular flexibility index (Phi) is 6.06. The van der Waals surface area contributed by atoms with Crippen LogP contribution in [0.4, 0.5) is 5.82 Å². The quantitative estimate of drug-likeness (QED) is 0.386. The highest BCUT2D eigenvalue weighted by molar-refractivity contribution is 5.85. The average Bonchev–Trinajstić information content (AvgIpc) is 3.33. The van der Waals surface area contributed by atoms with E-state index in [9.17, 15) is 5.26 Å². The minimum Gasteiger partial charge on any atom is -0.383 e. The monoisotopic (exact) mass is 486 g/mol. The van der Waals surface area contributed by atoms with Crippen molar-refractivity contribution >= 4 is 17.0 Å². The fraction of sp³-hybridized carbons (Fsp3) is 0.172. The number of rotatable bonds is 5. The zero-order valence-electron chi connectivity index (χ0n) is 20.3. The Morgan fingerprint density at radius 1 is 0.892 bits per heavy atom. The number of aromatic nitrogens is 4. The number of nitrogens with zero attached hydrogens (tertiary/aromatic N) is 6. The van der Waals surface area contributed by atoms with E-state index in [-0.39, 0.29) is 0 Å². The summed E-state index contributed by atoms with van der Waals surface area (Å²) in [6.07, 6.45) is 1.67. The molecule has 2 aromatic carbocycles. The first-order valence-electron chi connectivity index (χ1n) is 12.3. The van der Waals surface area contributed by atoms with E-state index < -0.39 is 0 Å². The average molecular weight is 487 g/mol. The number of hydrogen-bond donors (Lipinski definition) is 2. The van der Waals surface area contributed by atoms with Gasteiger partial charge in [0.15, 0.2) is 11.5 Å². The van der Waals surface area contributed by atoms with E-state index in [0.717, 1.165) is 55.1 Å². The van der Waals surface area contributed by atoms with E-state index >= 15 is 0 Å². The molecule has 1 aliphatic heterocycles. The fourth-order valence-corrected chi connectivity index (χ4v) is 4.82. The third-order valence-electron chi connectivity index (χ3n) is 6.72. The lowest BCUT2D eigenvalue weighted by Crippen LogP contribution is -2.42. The fourth-order valence-electron chi connectivity index (χ4n) is 4.82. The Labute approximate surface area is 215 Å². The summed E-state index contributed by atoms with van der Waals surface area (Å²) in [5.74, 6) is 1.08. The number of nitrogens with one attached hydrogen (secondary N) is 1. The van der Waals surface area contributed by atoms with Gasteiger partial charge in [-0.15, -0.1) is 0 Å². The van der Waals surface area contributed by atoms with Crippen molar-refractivity contribution in [3.8, 4) is 34.4 Å². The number of hydrogen-bond acceptors (Lipinski definition) is 7. The van der Waals surface area contributed by atoms with Crippen LogP contribution in [0.5, 0.6) is 0 Å². The van der Waals surface area contributed by atoms with E-state index in [1.165, 1.54) is 5.56 Å². The molecule has 0 amide bonds. The molecule has 0 bridgehead atoms. The summed E-state index contributed by atoms with van der Waals surface area (Å²) in [5, 5.41) is 13.0. The van der Waals surface area contributed by atoms with Gasteiger partial charge in [0.2, 0.25) is 0 Å². The first-order valence-corrected chi connectivity index (χ1v) is 12.3. The van der Waals surface area contributed by atoms with Gasteiger partial charge in [-0.1, -0.05) is 30.3 Å². The summed E-state index contributed by atoms with van der Waals surface area (Å²) < 4.78 is 2.02. The molecule has 3 aromatic heterocycles. The molecule has 0 unspecified atom stereocenters. The second-order valence-electron chi connectivity index (χ2n) is 9.10. The van der Waals surface area contributed by atoms with Crippen LogP contribution >= 0.6 is 0 Å². The largest absolute Gasteiger partial charge is 0.383 e. The van der Waals surface area contributed by atoms with E-state index in [1.54, 1.807) is 12.3 Å². The maximum absolute atomic E-state index is 9.63. The molecule has 5 aromatic rings. The Morgan fingerprint density at radius 3 is 2.46 bits per heavy atom. The number of pyridine rings is 2. The summed E-state index contributed by atoms with van der Waals surface area (Å²) in [5.41, 5.74) is 12.7. The molecule has 182 valence electrons. The van der Waals surface area contributed by atoms with Crippen molar-refractivity contribution in [1.29, 1.82) is 5.26 Å². The molecule has 37 heavy (non-hydrogen) atoms. The molecule has 1 fully saturated rings. The van der Waals surface area contributed by atoms with Crippen LogP contribution in [-0.4, -0.2) is 50.6 Å². The van der Waals surface area contributed by atoms with Crippen LogP contribution in [0.3, 0.4) is 0 Å². The van der Waals surface area contributed by atoms with Crippen LogP contribution in [0.2, 0.25) is 0 Å². The van der Waals surface area contributed by atoms with Crippen molar-refractivity contribution in [1.82, 2.24) is 29.7 Å². The smallest absolute Gasteiger partial charge is 0.165 e. The van der Waals surface area contributed by atoms with Crippen LogP contribution in [0.25, 0.3) is 39.5 Å². The molecule has 0 aliphatic carbocycles. The van der Waals surface area contributed by atoms with Crippen molar-refractivity contribution in [3.63, 3.8) is 0 Å². The third-order valence-corrected chi connectivity index (χ3v) is 6.72. The second-order valence-corrected chi connectivity index (χ2v) is 9.10. The van der Waals surface area contributed by atoms with E-state index in [2.05, 4.69) is 45.5 Å². The number of nitriles is 1. The van der Waals surface area contributed by atoms with Crippen molar-refractivity contribution in [3.05, 3.63) is 90.1 Å². The molecule has 0 radical (unpaired) electrons. The predicted molar refractivity (Wildman–Crippen MR) is 145 cm³/mol. The zero-order valence-corrected chi connectivity index (χ0v) is 20.3. The van der Waals surface area contributed by atoms with Gasteiger partial charge in [0.1, 0.15) is 11.3 Å². The SMILES string of the molecule is N#Cc1ccccc1-c1ccc2nc(-c3cccnc3N)n(-c3ccc(CN4CCNCC4)cc3)c2n1. The maximum Gasteiger partial charge on any atom is 0.165 e. The van der Waals surface area contributed by atoms with Crippen molar-refractivity contribution in [2.75, 3.05) is 31.9 Å². The summed E-state index contributed by atoms with van der Waals surface area (Å²) in [7, 11) is 0. The number of nitrogen functional groups attached to an aromatic ring is 1. The van der Waals surface area contributed by atoms with Gasteiger partial charge in [0.05, 0.1) is 22.9 Å². The van der Waals surface area contributed by atoms with Gasteiger partial charge in [0.25, 0.3) is 0 Å². The van der Waals surface area contributed by atoms with Crippen molar-refractivity contribution < 1.29 is 0 Å². The zero-order chi connectivity index (χ0) is 25.2. The molecule has 0 spiro atoms. The Bertz CT molecular complexity index is 1610. The van der Waals surface area contributed by atoms with E-state index in [1.807, 2.05) is 47.0 Å². The van der Waals surface area contributed by atoms with Crippen molar-refractivity contribution in [2.45, 2.75) is 6.54 Å². The maximum atomic E-state index is 9.63. The lowest BCUT2D eigenvalue weighted by molar-refractivity contribution is 0.233. The normalized spacial score (nSPS) is 14.0. The Balaban J connectivity index is 1.49. The molecular formula is C29H26N8. The topological polar surface area (TPSA) is 109 Å². The number of benzene rings is 2. The standard InChI is InChI=1S/C29H26N8/c30-18-21-4-1-2-5-23(21)25-11-12-26-29(34-25)37(28(35-26)24-6-3-13-33-27(24)31)22-9-7-20(8-10-22)19-36-16-14-32-15-17-36/h1-13,32H,14-17,19H2,(H2,31,33). The van der Waals surface area contributed by atoms with E-state index in [4.69, 9.17) is 15.7 Å². The van der Waals surface area contributed by atoms with Gasteiger partial charge in [-0.25, -0.2) is 15.0 Å². The minimum absolute atomic E-state index is 0.407. The molecule has 8 nitrogen and oxygen atoms in total. The molecule has 8 heteroatoms. The molecular weight excluding hydrogens is 460 g/mol. The summed E-state index contributed by atoms with van der Waals surface area (Å²) in [6, 6.07) is 25.9. The molecule has 1 saturated heterocycles. The molecule has 4 heterocycles. The van der Waals surface area contributed by atoms with E-state index in [0.29, 0.717) is 28.5 Å². The predicted octanol–water partition coefficient (Wildman–Crippen LogP) is 4.01. The van der Waals surface area contributed by atoms with Gasteiger partial charge < -0.3 is 11.1 Å². The Morgan fingerprint density at radius 2 is 1.68 bits per heavy atom. The first kappa shape index (κ1) is 22.9. The molecule has 1 aliphatic rings. The van der Waals surface area contributed by atoms with Gasteiger partial charge in [-0.05, 0) is 48.0 Å². The van der Waals surface area contributed by atoms with Crippen LogP contribution < -0.4 is 11.1 Å². The summed E-state index contributed by atoms with van der Waals surface area (Å²) >= 11 is 0. The molecule has 0 atom stereocenters. The molecule has 0 saturated carbocycles. The lowest BCUT2D eigenvalue weighted by Gasteiger charge is -2.27. The van der Waals surface area contributed by atoms with Gasteiger partial charge in [-0.3, -0.25) is 9.47 Å². The first-order chi connectivity index (χ1) is 18.2. The third kappa shape index (κ3) is 4.42. The minimum atomic E-state index is 0.407. The van der Waals surface area contributed by atoms with Crippen molar-refractivity contribution in [2.24, 2.45) is 0 Å².